The molecule has 3 heteroatoms. The highest BCUT2D eigenvalue weighted by atomic mass is 16.3. The highest BCUT2D eigenvalue weighted by Crippen LogP contribution is 2.16. The van der Waals surface area contributed by atoms with Gasteiger partial charge in [0.15, 0.2) is 0 Å². The zero-order valence-corrected chi connectivity index (χ0v) is 9.08. The number of aryl methyl sites for hydroxylation is 1. The summed E-state index contributed by atoms with van der Waals surface area (Å²) in [5.41, 5.74) is 0. The van der Waals surface area contributed by atoms with Crippen LogP contribution in [-0.2, 0) is 6.42 Å². The Balaban J connectivity index is 2.55. The van der Waals surface area contributed by atoms with Crippen LogP contribution in [0.25, 0.3) is 0 Å². The van der Waals surface area contributed by atoms with Gasteiger partial charge in [0, 0.05) is 12.5 Å². The maximum absolute atomic E-state index is 8.89. The second-order valence-electron chi connectivity index (χ2n) is 3.63. The van der Waals surface area contributed by atoms with Gasteiger partial charge in [-0.15, -0.1) is 0 Å². The Morgan fingerprint density at radius 1 is 1.43 bits per heavy atom. The van der Waals surface area contributed by atoms with Crippen LogP contribution in [0.4, 0.5) is 0 Å². The molecule has 0 bridgehead atoms. The minimum Gasteiger partial charge on any atom is -0.464 e. The van der Waals surface area contributed by atoms with Gasteiger partial charge in [0.05, 0.1) is 12.6 Å². The third-order valence-electron chi connectivity index (χ3n) is 2.27. The normalized spacial score (nSPS) is 15.4. The predicted octanol–water partition coefficient (Wildman–Crippen LogP) is 1.87. The van der Waals surface area contributed by atoms with E-state index in [0.29, 0.717) is 0 Å². The molecule has 14 heavy (non-hydrogen) atoms. The molecule has 0 aliphatic carbocycles. The molecule has 0 saturated carbocycles. The van der Waals surface area contributed by atoms with Crippen LogP contribution >= 0.6 is 0 Å². The van der Waals surface area contributed by atoms with Crippen LogP contribution in [0.2, 0.25) is 0 Å². The molecule has 0 radical (unpaired) electrons. The van der Waals surface area contributed by atoms with Crippen molar-refractivity contribution < 1.29 is 9.52 Å². The molecule has 0 aromatic carbocycles. The van der Waals surface area contributed by atoms with Gasteiger partial charge in [0.2, 0.25) is 0 Å². The maximum atomic E-state index is 8.89. The lowest BCUT2D eigenvalue weighted by Gasteiger charge is -2.16. The van der Waals surface area contributed by atoms with Gasteiger partial charge in [-0.25, -0.2) is 0 Å². The Labute approximate surface area is 85.1 Å². The van der Waals surface area contributed by atoms with Crippen molar-refractivity contribution in [1.29, 1.82) is 0 Å². The predicted molar refractivity (Wildman–Crippen MR) is 56.2 cm³/mol. The monoisotopic (exact) mass is 197 g/mol. The van der Waals surface area contributed by atoms with Gasteiger partial charge in [-0.05, 0) is 26.0 Å². The average molecular weight is 197 g/mol. The zero-order chi connectivity index (χ0) is 10.6. The molecule has 2 N–H and O–H groups in total. The molecule has 0 aliphatic heterocycles. The van der Waals surface area contributed by atoms with Crippen molar-refractivity contribution in [2.45, 2.75) is 39.3 Å². The second-order valence-corrected chi connectivity index (χ2v) is 3.63. The Kier molecular flexibility index (Phi) is 4.17. The fourth-order valence-electron chi connectivity index (χ4n) is 1.38. The molecule has 0 fully saturated rings. The second kappa shape index (κ2) is 5.17. The summed E-state index contributed by atoms with van der Waals surface area (Å²) in [6.45, 7) is 6.19. The van der Waals surface area contributed by atoms with Gasteiger partial charge in [0.1, 0.15) is 11.5 Å². The summed E-state index contributed by atoms with van der Waals surface area (Å²) >= 11 is 0. The number of hydrogen-bond acceptors (Lipinski definition) is 3. The van der Waals surface area contributed by atoms with E-state index in [2.05, 4.69) is 12.2 Å². The molecular weight excluding hydrogens is 178 g/mol. The maximum Gasteiger partial charge on any atom is 0.120 e. The standard InChI is InChI=1S/C11H19NO2/c1-4-10-5-6-11(14-10)9(3)12-8(2)7-13/h5-6,8-9,12-13H,4,7H2,1-3H3. The number of rotatable bonds is 5. The molecule has 0 saturated heterocycles. The molecule has 2 unspecified atom stereocenters. The van der Waals surface area contributed by atoms with E-state index >= 15 is 0 Å². The topological polar surface area (TPSA) is 45.4 Å². The lowest BCUT2D eigenvalue weighted by molar-refractivity contribution is 0.237. The first-order chi connectivity index (χ1) is 6.67. The van der Waals surface area contributed by atoms with Gasteiger partial charge < -0.3 is 14.8 Å². The van der Waals surface area contributed by atoms with Crippen LogP contribution in [-0.4, -0.2) is 17.8 Å². The summed E-state index contributed by atoms with van der Waals surface area (Å²) < 4.78 is 5.60. The molecule has 1 aromatic rings. The van der Waals surface area contributed by atoms with E-state index in [4.69, 9.17) is 9.52 Å². The summed E-state index contributed by atoms with van der Waals surface area (Å²) in [6.07, 6.45) is 0.919. The molecule has 1 heterocycles. The summed E-state index contributed by atoms with van der Waals surface area (Å²) in [7, 11) is 0. The van der Waals surface area contributed by atoms with Crippen molar-refractivity contribution in [3.63, 3.8) is 0 Å². The molecule has 0 aliphatic rings. The van der Waals surface area contributed by atoms with E-state index in [9.17, 15) is 0 Å². The smallest absolute Gasteiger partial charge is 0.120 e. The summed E-state index contributed by atoms with van der Waals surface area (Å²) in [5.74, 6) is 1.94. The SMILES string of the molecule is CCc1ccc(C(C)NC(C)CO)o1. The van der Waals surface area contributed by atoms with E-state index in [0.717, 1.165) is 17.9 Å². The largest absolute Gasteiger partial charge is 0.464 e. The van der Waals surface area contributed by atoms with E-state index in [1.807, 2.05) is 26.0 Å². The first-order valence-corrected chi connectivity index (χ1v) is 5.12. The van der Waals surface area contributed by atoms with Gasteiger partial charge >= 0.3 is 0 Å². The Hall–Kier alpha value is -0.800. The van der Waals surface area contributed by atoms with Crippen LogP contribution in [0.3, 0.4) is 0 Å². The van der Waals surface area contributed by atoms with E-state index in [1.165, 1.54) is 0 Å². The number of aliphatic hydroxyl groups excluding tert-OH is 1. The minimum atomic E-state index is 0.0974. The van der Waals surface area contributed by atoms with Crippen LogP contribution in [0, 0.1) is 0 Å². The first kappa shape index (κ1) is 11.3. The van der Waals surface area contributed by atoms with Gasteiger partial charge in [-0.1, -0.05) is 6.92 Å². The molecule has 80 valence electrons. The number of hydrogen-bond donors (Lipinski definition) is 2. The van der Waals surface area contributed by atoms with E-state index < -0.39 is 0 Å². The van der Waals surface area contributed by atoms with Crippen LogP contribution in [0.1, 0.15) is 38.3 Å². The van der Waals surface area contributed by atoms with Crippen molar-refractivity contribution in [2.24, 2.45) is 0 Å². The Bertz CT molecular complexity index is 270. The first-order valence-electron chi connectivity index (χ1n) is 5.12. The average Bonchev–Trinajstić information content (AvgIpc) is 2.65. The highest BCUT2D eigenvalue weighted by molar-refractivity contribution is 5.10. The third-order valence-corrected chi connectivity index (χ3v) is 2.27. The fourth-order valence-corrected chi connectivity index (χ4v) is 1.38. The third kappa shape index (κ3) is 2.86. The van der Waals surface area contributed by atoms with Crippen molar-refractivity contribution in [1.82, 2.24) is 5.32 Å². The summed E-state index contributed by atoms with van der Waals surface area (Å²) in [6, 6.07) is 4.23. The minimum absolute atomic E-state index is 0.0974. The quantitative estimate of drug-likeness (QED) is 0.757. The van der Waals surface area contributed by atoms with Crippen LogP contribution in [0.5, 0.6) is 0 Å². The van der Waals surface area contributed by atoms with Crippen LogP contribution < -0.4 is 5.32 Å². The number of furan rings is 1. The molecule has 3 nitrogen and oxygen atoms in total. The molecule has 0 spiro atoms. The van der Waals surface area contributed by atoms with Gasteiger partial charge in [-0.2, -0.15) is 0 Å². The highest BCUT2D eigenvalue weighted by Gasteiger charge is 2.11. The van der Waals surface area contributed by atoms with Crippen molar-refractivity contribution in [2.75, 3.05) is 6.61 Å². The molecule has 1 aromatic heterocycles. The van der Waals surface area contributed by atoms with Gasteiger partial charge in [-0.3, -0.25) is 0 Å². The molecule has 1 rings (SSSR count). The van der Waals surface area contributed by atoms with Crippen molar-refractivity contribution in [3.05, 3.63) is 23.7 Å². The summed E-state index contributed by atoms with van der Waals surface area (Å²) in [4.78, 5) is 0. The number of nitrogens with one attached hydrogen (secondary N) is 1. The number of aliphatic hydroxyl groups is 1. The summed E-state index contributed by atoms with van der Waals surface area (Å²) in [5, 5.41) is 12.1. The van der Waals surface area contributed by atoms with Crippen LogP contribution in [0.15, 0.2) is 16.5 Å². The van der Waals surface area contributed by atoms with E-state index in [-0.39, 0.29) is 18.7 Å². The lowest BCUT2D eigenvalue weighted by atomic mass is 10.2. The zero-order valence-electron chi connectivity index (χ0n) is 9.08. The Morgan fingerprint density at radius 3 is 2.64 bits per heavy atom. The Morgan fingerprint density at radius 2 is 2.14 bits per heavy atom. The van der Waals surface area contributed by atoms with Gasteiger partial charge in [0.25, 0.3) is 0 Å². The van der Waals surface area contributed by atoms with E-state index in [1.54, 1.807) is 0 Å². The lowest BCUT2D eigenvalue weighted by Crippen LogP contribution is -2.31. The molecular formula is C11H19NO2. The molecule has 0 amide bonds. The molecule has 2 atom stereocenters. The van der Waals surface area contributed by atoms with Crippen molar-refractivity contribution >= 4 is 0 Å². The van der Waals surface area contributed by atoms with Crippen molar-refractivity contribution in [3.8, 4) is 0 Å². The fraction of sp³-hybridized carbons (Fsp3) is 0.636.